The van der Waals surface area contributed by atoms with Crippen molar-refractivity contribution < 1.29 is 32.0 Å². The zero-order valence-electron chi connectivity index (χ0n) is 11.4. The lowest BCUT2D eigenvalue weighted by molar-refractivity contribution is -0.151. The molecule has 2 aliphatic heterocycles. The molecule has 0 aliphatic carbocycles. The van der Waals surface area contributed by atoms with Crippen molar-refractivity contribution in [1.82, 2.24) is 5.32 Å². The van der Waals surface area contributed by atoms with Crippen LogP contribution in [-0.2, 0) is 34.6 Å². The number of hydrogen-bond acceptors (Lipinski definition) is 7. The van der Waals surface area contributed by atoms with Crippen LogP contribution in [0.4, 0.5) is 0 Å². The Bertz CT molecular complexity index is 482. The van der Waals surface area contributed by atoms with E-state index in [2.05, 4.69) is 11.9 Å². The summed E-state index contributed by atoms with van der Waals surface area (Å²) < 4.78 is 36.9. The monoisotopic (exact) mass is 318 g/mol. The van der Waals surface area contributed by atoms with Gasteiger partial charge >= 0.3 is 5.97 Å². The van der Waals surface area contributed by atoms with Crippen molar-refractivity contribution in [1.29, 1.82) is 0 Å². The van der Waals surface area contributed by atoms with Crippen molar-refractivity contribution in [2.75, 3.05) is 6.54 Å². The number of fused-ring (bicyclic) bond motifs is 2. The Kier molecular flexibility index (Phi) is 4.77. The van der Waals surface area contributed by atoms with Crippen LogP contribution in [0.5, 0.6) is 0 Å². The molecule has 0 spiro atoms. The minimum absolute atomic E-state index is 0.255. The first-order chi connectivity index (χ1) is 9.84. The van der Waals surface area contributed by atoms with E-state index in [-0.39, 0.29) is 6.54 Å². The maximum atomic E-state index is 11.6. The molecule has 0 saturated carbocycles. The summed E-state index contributed by atoms with van der Waals surface area (Å²) in [5.41, 5.74) is -0.792. The van der Waals surface area contributed by atoms with Crippen LogP contribution in [0.3, 0.4) is 0 Å². The number of carbonyl (C=O) groups is 2. The number of amides is 1. The minimum atomic E-state index is -2.61. The summed E-state index contributed by atoms with van der Waals surface area (Å²) in [6, 6.07) is 0. The summed E-state index contributed by atoms with van der Waals surface area (Å²) in [6.07, 6.45) is 0.296. The van der Waals surface area contributed by atoms with Crippen LogP contribution in [0.15, 0.2) is 12.7 Å². The number of rotatable bonds is 6. The molecule has 0 aromatic rings. The summed E-state index contributed by atoms with van der Waals surface area (Å²) in [7, 11) is 0. The van der Waals surface area contributed by atoms with E-state index in [4.69, 9.17) is 13.7 Å². The van der Waals surface area contributed by atoms with Crippen LogP contribution in [0.1, 0.15) is 19.8 Å². The number of esters is 1. The Morgan fingerprint density at radius 1 is 1.62 bits per heavy atom. The van der Waals surface area contributed by atoms with Crippen LogP contribution in [-0.4, -0.2) is 51.1 Å². The van der Waals surface area contributed by atoms with E-state index < -0.39 is 47.2 Å². The highest BCUT2D eigenvalue weighted by Gasteiger charge is 2.57. The molecule has 0 aromatic heterocycles. The zero-order valence-corrected chi connectivity index (χ0v) is 12.2. The number of ether oxygens (including phenoxy) is 2. The maximum Gasteiger partial charge on any atom is 0.325 e. The van der Waals surface area contributed by atoms with Gasteiger partial charge in [0, 0.05) is 12.8 Å². The quantitative estimate of drug-likeness (QED) is 0.392. The first-order valence-corrected chi connectivity index (χ1v) is 7.38. The van der Waals surface area contributed by atoms with Crippen molar-refractivity contribution >= 4 is 23.2 Å². The predicted molar refractivity (Wildman–Crippen MR) is 69.4 cm³/mol. The molecule has 2 saturated heterocycles. The van der Waals surface area contributed by atoms with Gasteiger partial charge in [-0.3, -0.25) is 13.8 Å². The molecule has 1 N–H and O–H groups in total. The highest BCUT2D eigenvalue weighted by atomic mass is 32.2. The van der Waals surface area contributed by atoms with Crippen LogP contribution >= 0.6 is 0 Å². The molecule has 1 amide bonds. The van der Waals surface area contributed by atoms with E-state index in [1.54, 1.807) is 6.92 Å². The molecule has 21 heavy (non-hydrogen) atoms. The van der Waals surface area contributed by atoms with Crippen molar-refractivity contribution in [3.05, 3.63) is 12.7 Å². The van der Waals surface area contributed by atoms with Crippen LogP contribution < -0.4 is 5.32 Å². The number of carbonyl (C=O) groups excluding carboxylic acids is 2. The third kappa shape index (κ3) is 3.67. The SMILES string of the molecule is C=CC(=O)NCC(=O)OC1CC2(C)OC1CC2OS(=O)[O-]. The molecule has 2 fully saturated rings. The summed E-state index contributed by atoms with van der Waals surface area (Å²) >= 11 is -2.61. The lowest BCUT2D eigenvalue weighted by Gasteiger charge is -2.31. The molecular weight excluding hydrogens is 302 g/mol. The smallest absolute Gasteiger partial charge is 0.325 e. The van der Waals surface area contributed by atoms with Gasteiger partial charge in [0.1, 0.15) is 18.8 Å². The van der Waals surface area contributed by atoms with Gasteiger partial charge in [0.05, 0.1) is 23.1 Å². The van der Waals surface area contributed by atoms with E-state index in [0.29, 0.717) is 12.8 Å². The Balaban J connectivity index is 1.84. The third-order valence-corrected chi connectivity index (χ3v) is 4.03. The molecular formula is C12H16NO7S-. The van der Waals surface area contributed by atoms with Gasteiger partial charge in [-0.1, -0.05) is 6.58 Å². The number of hydrogen-bond donors (Lipinski definition) is 1. The fourth-order valence-electron chi connectivity index (χ4n) is 2.66. The van der Waals surface area contributed by atoms with Gasteiger partial charge in [0.25, 0.3) is 0 Å². The predicted octanol–water partition coefficient (Wildman–Crippen LogP) is -0.669. The molecule has 2 heterocycles. The largest absolute Gasteiger partial charge is 0.750 e. The molecule has 5 unspecified atom stereocenters. The number of nitrogens with one attached hydrogen (secondary N) is 1. The summed E-state index contributed by atoms with van der Waals surface area (Å²) in [5.74, 6) is -1.05. The van der Waals surface area contributed by atoms with Crippen LogP contribution in [0.2, 0.25) is 0 Å². The van der Waals surface area contributed by atoms with Crippen molar-refractivity contribution in [3.63, 3.8) is 0 Å². The van der Waals surface area contributed by atoms with Gasteiger partial charge in [0.15, 0.2) is 0 Å². The van der Waals surface area contributed by atoms with Gasteiger partial charge in [-0.15, -0.1) is 0 Å². The molecule has 2 bridgehead atoms. The summed E-state index contributed by atoms with van der Waals surface area (Å²) in [4.78, 5) is 22.5. The molecule has 2 aliphatic rings. The minimum Gasteiger partial charge on any atom is -0.750 e. The summed E-state index contributed by atoms with van der Waals surface area (Å²) in [5, 5.41) is 2.32. The Labute approximate surface area is 124 Å². The molecule has 0 radical (unpaired) electrons. The van der Waals surface area contributed by atoms with Gasteiger partial charge in [-0.25, -0.2) is 4.21 Å². The lowest BCUT2D eigenvalue weighted by atomic mass is 9.85. The molecule has 118 valence electrons. The molecule has 2 rings (SSSR count). The first-order valence-electron chi connectivity index (χ1n) is 6.38. The molecule has 9 heteroatoms. The van der Waals surface area contributed by atoms with Gasteiger partial charge in [-0.05, 0) is 13.0 Å². The van der Waals surface area contributed by atoms with E-state index in [1.807, 2.05) is 0 Å². The average molecular weight is 318 g/mol. The van der Waals surface area contributed by atoms with E-state index in [1.165, 1.54) is 0 Å². The zero-order chi connectivity index (χ0) is 15.6. The Morgan fingerprint density at radius 3 is 2.86 bits per heavy atom. The Morgan fingerprint density at radius 2 is 2.33 bits per heavy atom. The maximum absolute atomic E-state index is 11.6. The Hall–Kier alpha value is -1.29. The lowest BCUT2D eigenvalue weighted by Crippen LogP contribution is -2.43. The second kappa shape index (κ2) is 6.22. The summed E-state index contributed by atoms with van der Waals surface area (Å²) in [6.45, 7) is 4.73. The van der Waals surface area contributed by atoms with Crippen LogP contribution in [0, 0.1) is 0 Å². The first kappa shape index (κ1) is 16.1. The average Bonchev–Trinajstić information content (AvgIpc) is 2.87. The van der Waals surface area contributed by atoms with Crippen LogP contribution in [0.25, 0.3) is 0 Å². The molecule has 8 nitrogen and oxygen atoms in total. The van der Waals surface area contributed by atoms with Crippen molar-refractivity contribution in [2.24, 2.45) is 0 Å². The molecule has 0 aromatic carbocycles. The van der Waals surface area contributed by atoms with Gasteiger partial charge < -0.3 is 19.3 Å². The fraction of sp³-hybridized carbons (Fsp3) is 0.667. The topological polar surface area (TPSA) is 114 Å². The van der Waals surface area contributed by atoms with E-state index >= 15 is 0 Å². The highest BCUT2D eigenvalue weighted by Crippen LogP contribution is 2.46. The normalized spacial score (nSPS) is 35.2. The third-order valence-electron chi connectivity index (χ3n) is 3.64. The second-order valence-electron chi connectivity index (χ2n) is 5.15. The van der Waals surface area contributed by atoms with Gasteiger partial charge in [0.2, 0.25) is 5.91 Å². The van der Waals surface area contributed by atoms with Crippen molar-refractivity contribution in [3.8, 4) is 0 Å². The van der Waals surface area contributed by atoms with Crippen molar-refractivity contribution in [2.45, 2.75) is 43.7 Å². The van der Waals surface area contributed by atoms with E-state index in [9.17, 15) is 18.4 Å². The standard InChI is InChI=1S/C12H17NO7S/c1-3-10(14)13-6-11(15)18-8-5-12(2)9(20-21(16)17)4-7(8)19-12/h3,7-9H,1,4-6H2,2H3,(H,13,14)(H,16,17)/p-1. The van der Waals surface area contributed by atoms with E-state index in [0.717, 1.165) is 6.08 Å². The second-order valence-corrected chi connectivity index (χ2v) is 5.75. The van der Waals surface area contributed by atoms with Gasteiger partial charge in [-0.2, -0.15) is 0 Å². The fourth-order valence-corrected chi connectivity index (χ4v) is 3.14. The highest BCUT2D eigenvalue weighted by molar-refractivity contribution is 7.74. The molecule has 5 atom stereocenters.